The van der Waals surface area contributed by atoms with Gasteiger partial charge in [0.2, 0.25) is 0 Å². The van der Waals surface area contributed by atoms with E-state index in [-0.39, 0.29) is 0 Å². The maximum absolute atomic E-state index is 10.6. The van der Waals surface area contributed by atoms with Gasteiger partial charge in [-0.25, -0.2) is 19.1 Å². The van der Waals surface area contributed by atoms with Crippen LogP contribution < -0.4 is 4.90 Å². The lowest BCUT2D eigenvalue weighted by molar-refractivity contribution is -0.193. The van der Waals surface area contributed by atoms with Crippen molar-refractivity contribution in [2.24, 2.45) is 5.92 Å². The highest BCUT2D eigenvalue weighted by Crippen LogP contribution is 2.28. The normalized spacial score (nSPS) is 19.4. The molecule has 0 unspecified atom stereocenters. The Labute approximate surface area is 237 Å². The number of morpholine rings is 1. The number of piperidine rings is 1. The highest BCUT2D eigenvalue weighted by molar-refractivity contribution is 5.73. The maximum atomic E-state index is 10.6. The third-order valence-corrected chi connectivity index (χ3v) is 7.00. The predicted molar refractivity (Wildman–Crippen MR) is 135 cm³/mol. The molecule has 0 aliphatic carbocycles. The second kappa shape index (κ2) is 14.8. The van der Waals surface area contributed by atoms with Crippen molar-refractivity contribution in [2.75, 3.05) is 64.1 Å². The summed E-state index contributed by atoms with van der Waals surface area (Å²) in [4.78, 5) is 27.6. The average molecular weight is 614 g/mol. The molecule has 2 aromatic rings. The van der Waals surface area contributed by atoms with E-state index in [1.54, 1.807) is 0 Å². The minimum Gasteiger partial charge on any atom is -0.475 e. The Kier molecular flexibility index (Phi) is 11.8. The quantitative estimate of drug-likeness (QED) is 0.495. The topological polar surface area (TPSA) is 130 Å². The first kappa shape index (κ1) is 33.3. The number of nitrogens with zero attached hydrogens (tertiary/aromatic N) is 5. The van der Waals surface area contributed by atoms with Crippen molar-refractivity contribution in [3.05, 3.63) is 24.2 Å². The van der Waals surface area contributed by atoms with Crippen molar-refractivity contribution in [1.29, 1.82) is 0 Å². The summed E-state index contributed by atoms with van der Waals surface area (Å²) in [6.07, 6.45) is -3.27. The first-order chi connectivity index (χ1) is 19.7. The zero-order valence-electron chi connectivity index (χ0n) is 22.6. The second-order valence-corrected chi connectivity index (χ2v) is 10.00. The summed E-state index contributed by atoms with van der Waals surface area (Å²) in [7, 11) is 0. The number of aromatic nitrogens is 3. The Bertz CT molecular complexity index is 1130. The van der Waals surface area contributed by atoms with Gasteiger partial charge in [0.15, 0.2) is 11.5 Å². The van der Waals surface area contributed by atoms with Crippen LogP contribution in [0.1, 0.15) is 37.4 Å². The van der Waals surface area contributed by atoms with E-state index in [4.69, 9.17) is 39.4 Å². The van der Waals surface area contributed by atoms with E-state index in [0.717, 1.165) is 82.8 Å². The number of likely N-dealkylation sites (tertiary alicyclic amines) is 1. The Balaban J connectivity index is 0.000000289. The molecule has 0 aromatic carbocycles. The van der Waals surface area contributed by atoms with Crippen LogP contribution in [-0.4, -0.2) is 113 Å². The van der Waals surface area contributed by atoms with Crippen LogP contribution in [0.4, 0.5) is 32.0 Å². The number of carbonyl (C=O) groups is 2. The van der Waals surface area contributed by atoms with E-state index in [1.165, 1.54) is 25.1 Å². The lowest BCUT2D eigenvalue weighted by Crippen LogP contribution is -2.38. The molecule has 17 heteroatoms. The molecular formula is C25H33F6N5O6. The number of fused-ring (bicyclic) bond motifs is 1. The highest BCUT2D eigenvalue weighted by Gasteiger charge is 2.39. The third-order valence-electron chi connectivity index (χ3n) is 7.00. The maximum Gasteiger partial charge on any atom is 0.490 e. The smallest absolute Gasteiger partial charge is 0.475 e. The van der Waals surface area contributed by atoms with Gasteiger partial charge in [0.05, 0.1) is 25.1 Å². The number of carboxylic acids is 2. The molecule has 3 fully saturated rings. The summed E-state index contributed by atoms with van der Waals surface area (Å²) in [5.41, 5.74) is 2.16. The lowest BCUT2D eigenvalue weighted by atomic mass is 9.93. The second-order valence-electron chi connectivity index (χ2n) is 10.00. The zero-order valence-corrected chi connectivity index (χ0v) is 22.6. The van der Waals surface area contributed by atoms with Crippen molar-refractivity contribution in [3.8, 4) is 0 Å². The van der Waals surface area contributed by atoms with Crippen LogP contribution in [0.15, 0.2) is 18.3 Å². The van der Waals surface area contributed by atoms with Gasteiger partial charge >= 0.3 is 24.3 Å². The number of hydrogen-bond donors (Lipinski definition) is 2. The minimum atomic E-state index is -5.08. The van der Waals surface area contributed by atoms with Crippen molar-refractivity contribution in [3.63, 3.8) is 0 Å². The number of anilines is 1. The van der Waals surface area contributed by atoms with Gasteiger partial charge in [-0.3, -0.25) is 0 Å². The third kappa shape index (κ3) is 10.3. The minimum absolute atomic E-state index is 0.484. The van der Waals surface area contributed by atoms with E-state index in [0.29, 0.717) is 5.92 Å². The number of rotatable bonds is 4. The van der Waals surface area contributed by atoms with E-state index >= 15 is 0 Å². The molecule has 0 atom stereocenters. The monoisotopic (exact) mass is 613 g/mol. The summed E-state index contributed by atoms with van der Waals surface area (Å²) in [6.45, 7) is 8.93. The molecule has 0 bridgehead atoms. The predicted octanol–water partition coefficient (Wildman–Crippen LogP) is 3.44. The average Bonchev–Trinajstić information content (AvgIpc) is 3.38. The van der Waals surface area contributed by atoms with Crippen molar-refractivity contribution >= 4 is 23.3 Å². The molecule has 0 radical (unpaired) electrons. The fourth-order valence-corrected chi connectivity index (χ4v) is 4.74. The first-order valence-electron chi connectivity index (χ1n) is 13.3. The van der Waals surface area contributed by atoms with Crippen LogP contribution in [0.3, 0.4) is 0 Å². The number of alkyl halides is 6. The first-order valence-corrected chi connectivity index (χ1v) is 13.3. The van der Waals surface area contributed by atoms with Gasteiger partial charge in [0.1, 0.15) is 0 Å². The molecule has 236 valence electrons. The number of pyridine rings is 1. The van der Waals surface area contributed by atoms with Crippen LogP contribution in [-0.2, 0) is 19.1 Å². The van der Waals surface area contributed by atoms with E-state index in [1.807, 2.05) is 4.52 Å². The molecule has 3 aliphatic rings. The molecule has 0 saturated carbocycles. The van der Waals surface area contributed by atoms with Crippen molar-refractivity contribution in [1.82, 2.24) is 19.5 Å². The number of halogens is 6. The van der Waals surface area contributed by atoms with Gasteiger partial charge in [-0.15, -0.1) is 0 Å². The molecule has 2 aromatic heterocycles. The van der Waals surface area contributed by atoms with Gasteiger partial charge < -0.3 is 29.5 Å². The molecule has 3 aliphatic heterocycles. The molecule has 2 N–H and O–H groups in total. The summed E-state index contributed by atoms with van der Waals surface area (Å²) in [6, 6.07) is 4.26. The van der Waals surface area contributed by atoms with E-state index < -0.39 is 24.3 Å². The Morgan fingerprint density at radius 3 is 1.88 bits per heavy atom. The zero-order chi connectivity index (χ0) is 30.9. The van der Waals surface area contributed by atoms with Crippen LogP contribution in [0.5, 0.6) is 0 Å². The summed E-state index contributed by atoms with van der Waals surface area (Å²) >= 11 is 0. The van der Waals surface area contributed by atoms with Crippen LogP contribution in [0.2, 0.25) is 0 Å². The fraction of sp³-hybridized carbons (Fsp3) is 0.680. The SMILES string of the molecule is O=C(O)C(F)(F)F.O=C(O)C(F)(F)F.c1cc2nc(C3CCN(CC4CCOCC4)CC3)nn2cc1N1CCOCC1. The van der Waals surface area contributed by atoms with Gasteiger partial charge in [0.25, 0.3) is 0 Å². The molecule has 0 amide bonds. The molecule has 3 saturated heterocycles. The van der Waals surface area contributed by atoms with E-state index in [2.05, 4.69) is 28.1 Å². The highest BCUT2D eigenvalue weighted by atomic mass is 19.4. The number of hydrogen-bond acceptors (Lipinski definition) is 8. The molecule has 5 rings (SSSR count). The molecule has 5 heterocycles. The van der Waals surface area contributed by atoms with Gasteiger partial charge in [-0.2, -0.15) is 31.4 Å². The summed E-state index contributed by atoms with van der Waals surface area (Å²) < 4.78 is 76.4. The van der Waals surface area contributed by atoms with Gasteiger partial charge in [-0.05, 0) is 56.8 Å². The molecule has 42 heavy (non-hydrogen) atoms. The van der Waals surface area contributed by atoms with Crippen molar-refractivity contribution in [2.45, 2.75) is 44.0 Å². The van der Waals surface area contributed by atoms with Crippen LogP contribution in [0, 0.1) is 5.92 Å². The van der Waals surface area contributed by atoms with Gasteiger partial charge in [0, 0.05) is 38.8 Å². The summed E-state index contributed by atoms with van der Waals surface area (Å²) in [5, 5.41) is 19.1. The standard InChI is InChI=1S/C21H31N5O2.2C2HF3O2/c1-2-20-22-21(23-26(20)16-19(1)25-9-13-28-14-10-25)18-3-7-24(8-4-18)15-17-5-11-27-12-6-17;2*3-2(4,5)1(6)7/h1-2,16-18H,3-15H2;2*(H,6,7). The number of carboxylic acid groups (broad SMARTS) is 2. The molecule has 0 spiro atoms. The lowest BCUT2D eigenvalue weighted by Gasteiger charge is -2.34. The van der Waals surface area contributed by atoms with Gasteiger partial charge in [-0.1, -0.05) is 0 Å². The van der Waals surface area contributed by atoms with Crippen LogP contribution >= 0.6 is 0 Å². The molecular weight excluding hydrogens is 580 g/mol. The van der Waals surface area contributed by atoms with Crippen LogP contribution in [0.25, 0.3) is 5.65 Å². The Morgan fingerprint density at radius 1 is 0.833 bits per heavy atom. The largest absolute Gasteiger partial charge is 0.490 e. The number of aliphatic carboxylic acids is 2. The molecule has 11 nitrogen and oxygen atoms in total. The Morgan fingerprint density at radius 2 is 1.36 bits per heavy atom. The fourth-order valence-electron chi connectivity index (χ4n) is 4.74. The number of ether oxygens (including phenoxy) is 2. The Hall–Kier alpha value is -3.18. The summed E-state index contributed by atoms with van der Waals surface area (Å²) in [5.74, 6) is -3.19. The van der Waals surface area contributed by atoms with Crippen molar-refractivity contribution < 1.29 is 55.6 Å². The van der Waals surface area contributed by atoms with E-state index in [9.17, 15) is 26.3 Å².